The molecule has 6 heteroatoms. The lowest BCUT2D eigenvalue weighted by molar-refractivity contribution is 0.251. The van der Waals surface area contributed by atoms with Crippen molar-refractivity contribution >= 4 is 17.4 Å². The van der Waals surface area contributed by atoms with Crippen LogP contribution in [0.15, 0.2) is 66.7 Å². The van der Waals surface area contributed by atoms with Gasteiger partial charge in [0, 0.05) is 37.1 Å². The van der Waals surface area contributed by atoms with Gasteiger partial charge in [-0.15, -0.1) is 0 Å². The highest BCUT2D eigenvalue weighted by Crippen LogP contribution is 2.30. The van der Waals surface area contributed by atoms with E-state index in [-0.39, 0.29) is 6.03 Å². The third-order valence-corrected chi connectivity index (χ3v) is 5.47. The second-order valence-electron chi connectivity index (χ2n) is 7.49. The van der Waals surface area contributed by atoms with Crippen LogP contribution < -0.4 is 25.0 Å². The highest BCUT2D eigenvalue weighted by atomic mass is 16.5. The molecule has 6 nitrogen and oxygen atoms in total. The lowest BCUT2D eigenvalue weighted by Gasteiger charge is -2.19. The first-order chi connectivity index (χ1) is 15.2. The molecule has 2 amide bonds. The van der Waals surface area contributed by atoms with Gasteiger partial charge in [0.15, 0.2) is 11.5 Å². The molecule has 0 saturated heterocycles. The first-order valence-corrected chi connectivity index (χ1v) is 10.3. The fourth-order valence-corrected chi connectivity index (χ4v) is 3.83. The molecule has 0 radical (unpaired) electrons. The number of hydrogen-bond donors (Lipinski definition) is 2. The van der Waals surface area contributed by atoms with Crippen LogP contribution in [-0.4, -0.2) is 26.8 Å². The molecule has 0 atom stereocenters. The van der Waals surface area contributed by atoms with E-state index in [0.717, 1.165) is 25.1 Å². The summed E-state index contributed by atoms with van der Waals surface area (Å²) in [5.74, 6) is 1.18. The van der Waals surface area contributed by atoms with Crippen molar-refractivity contribution in [2.24, 2.45) is 0 Å². The van der Waals surface area contributed by atoms with Crippen LogP contribution in [0.1, 0.15) is 16.7 Å². The Labute approximate surface area is 182 Å². The van der Waals surface area contributed by atoms with Crippen molar-refractivity contribution in [2.45, 2.75) is 19.5 Å². The number of urea groups is 1. The smallest absolute Gasteiger partial charge is 0.319 e. The van der Waals surface area contributed by atoms with Gasteiger partial charge in [0.05, 0.1) is 14.2 Å². The predicted molar refractivity (Wildman–Crippen MR) is 123 cm³/mol. The molecule has 160 valence electrons. The maximum Gasteiger partial charge on any atom is 0.319 e. The maximum absolute atomic E-state index is 12.3. The van der Waals surface area contributed by atoms with Gasteiger partial charge in [-0.3, -0.25) is 0 Å². The molecule has 0 unspecified atom stereocenters. The number of carbonyl (C=O) groups is 1. The SMILES string of the molecule is COc1ccc(NC(=O)NCc2ccc(CN3CCc4ccccc43)cc2)cc1OC. The number of carbonyl (C=O) groups excluding carboxylic acids is 1. The first-order valence-electron chi connectivity index (χ1n) is 10.3. The van der Waals surface area contributed by atoms with E-state index in [1.807, 2.05) is 0 Å². The van der Waals surface area contributed by atoms with Gasteiger partial charge in [0.1, 0.15) is 0 Å². The minimum absolute atomic E-state index is 0.273. The molecular weight excluding hydrogens is 390 g/mol. The Kier molecular flexibility index (Phi) is 6.26. The lowest BCUT2D eigenvalue weighted by Crippen LogP contribution is -2.28. The van der Waals surface area contributed by atoms with Crippen molar-refractivity contribution < 1.29 is 14.3 Å². The van der Waals surface area contributed by atoms with Crippen molar-refractivity contribution in [2.75, 3.05) is 31.0 Å². The molecule has 0 spiro atoms. The summed E-state index contributed by atoms with van der Waals surface area (Å²) in [7, 11) is 3.14. The average molecular weight is 418 g/mol. The van der Waals surface area contributed by atoms with E-state index < -0.39 is 0 Å². The summed E-state index contributed by atoms with van der Waals surface area (Å²) in [6.45, 7) is 2.40. The van der Waals surface area contributed by atoms with Crippen LogP contribution in [0.2, 0.25) is 0 Å². The zero-order valence-electron chi connectivity index (χ0n) is 17.9. The van der Waals surface area contributed by atoms with Gasteiger partial charge in [-0.25, -0.2) is 4.79 Å². The normalized spacial score (nSPS) is 12.3. The molecule has 0 aromatic heterocycles. The van der Waals surface area contributed by atoms with Gasteiger partial charge in [0.25, 0.3) is 0 Å². The van der Waals surface area contributed by atoms with Gasteiger partial charge in [-0.2, -0.15) is 0 Å². The van der Waals surface area contributed by atoms with E-state index in [4.69, 9.17) is 9.47 Å². The van der Waals surface area contributed by atoms with Crippen molar-refractivity contribution in [3.63, 3.8) is 0 Å². The van der Waals surface area contributed by atoms with Crippen LogP contribution in [-0.2, 0) is 19.5 Å². The number of amides is 2. The second kappa shape index (κ2) is 9.43. The second-order valence-corrected chi connectivity index (χ2v) is 7.49. The molecular formula is C25H27N3O3. The number of hydrogen-bond acceptors (Lipinski definition) is 4. The minimum Gasteiger partial charge on any atom is -0.493 e. The molecule has 0 fully saturated rings. The van der Waals surface area contributed by atoms with Gasteiger partial charge >= 0.3 is 6.03 Å². The van der Waals surface area contributed by atoms with E-state index in [0.29, 0.717) is 23.7 Å². The zero-order chi connectivity index (χ0) is 21.6. The van der Waals surface area contributed by atoms with Crippen LogP contribution in [0.3, 0.4) is 0 Å². The van der Waals surface area contributed by atoms with Crippen LogP contribution in [0.5, 0.6) is 11.5 Å². The number of para-hydroxylation sites is 1. The summed E-state index contributed by atoms with van der Waals surface area (Å²) in [6.07, 6.45) is 1.10. The quantitative estimate of drug-likeness (QED) is 0.590. The molecule has 31 heavy (non-hydrogen) atoms. The number of nitrogens with one attached hydrogen (secondary N) is 2. The summed E-state index contributed by atoms with van der Waals surface area (Å²) in [5, 5.41) is 5.70. The molecule has 0 saturated carbocycles. The molecule has 1 aliphatic heterocycles. The Bertz CT molecular complexity index is 1050. The Morgan fingerprint density at radius 2 is 1.68 bits per heavy atom. The van der Waals surface area contributed by atoms with Crippen molar-refractivity contribution in [3.05, 3.63) is 83.4 Å². The minimum atomic E-state index is -0.273. The standard InChI is InChI=1S/C25H27N3O3/c1-30-23-12-11-21(15-24(23)31-2)27-25(29)26-16-18-7-9-19(10-8-18)17-28-14-13-20-5-3-4-6-22(20)28/h3-12,15H,13-14,16-17H2,1-2H3,(H2,26,27,29). The van der Waals surface area contributed by atoms with Crippen molar-refractivity contribution in [1.29, 1.82) is 0 Å². The molecule has 0 aliphatic carbocycles. The molecule has 1 heterocycles. The molecule has 0 bridgehead atoms. The van der Waals surface area contributed by atoms with Crippen molar-refractivity contribution in [1.82, 2.24) is 5.32 Å². The number of methoxy groups -OCH3 is 2. The van der Waals surface area contributed by atoms with Gasteiger partial charge in [-0.1, -0.05) is 42.5 Å². The molecule has 1 aliphatic rings. The van der Waals surface area contributed by atoms with E-state index in [9.17, 15) is 4.79 Å². The Balaban J connectivity index is 1.29. The summed E-state index contributed by atoms with van der Waals surface area (Å²) < 4.78 is 10.5. The fourth-order valence-electron chi connectivity index (χ4n) is 3.83. The number of rotatable bonds is 7. The maximum atomic E-state index is 12.3. The van der Waals surface area contributed by atoms with Crippen LogP contribution in [0.25, 0.3) is 0 Å². The number of ether oxygens (including phenoxy) is 2. The lowest BCUT2D eigenvalue weighted by atomic mass is 10.1. The van der Waals surface area contributed by atoms with E-state index in [1.165, 1.54) is 16.8 Å². The molecule has 3 aromatic rings. The van der Waals surface area contributed by atoms with E-state index in [1.54, 1.807) is 32.4 Å². The third-order valence-electron chi connectivity index (χ3n) is 5.47. The highest BCUT2D eigenvalue weighted by Gasteiger charge is 2.18. The number of fused-ring (bicyclic) bond motifs is 1. The van der Waals surface area contributed by atoms with Crippen LogP contribution in [0.4, 0.5) is 16.2 Å². The van der Waals surface area contributed by atoms with E-state index in [2.05, 4.69) is 64.1 Å². The monoisotopic (exact) mass is 417 g/mol. The number of nitrogens with zero attached hydrogens (tertiary/aromatic N) is 1. The molecule has 3 aromatic carbocycles. The molecule has 2 N–H and O–H groups in total. The Morgan fingerprint density at radius 3 is 2.45 bits per heavy atom. The summed E-state index contributed by atoms with van der Waals surface area (Å²) in [6, 6.07) is 22.0. The fraction of sp³-hybridized carbons (Fsp3) is 0.240. The Hall–Kier alpha value is -3.67. The van der Waals surface area contributed by atoms with Gasteiger partial charge < -0.3 is 25.0 Å². The van der Waals surface area contributed by atoms with Gasteiger partial charge in [0.2, 0.25) is 0 Å². The van der Waals surface area contributed by atoms with Crippen LogP contribution in [0, 0.1) is 0 Å². The first kappa shape index (κ1) is 20.6. The summed E-state index contributed by atoms with van der Waals surface area (Å²) in [4.78, 5) is 14.7. The largest absolute Gasteiger partial charge is 0.493 e. The Morgan fingerprint density at radius 1 is 0.935 bits per heavy atom. The van der Waals surface area contributed by atoms with Crippen molar-refractivity contribution in [3.8, 4) is 11.5 Å². The predicted octanol–water partition coefficient (Wildman–Crippen LogP) is 4.59. The topological polar surface area (TPSA) is 62.8 Å². The number of anilines is 2. The third kappa shape index (κ3) is 4.91. The zero-order valence-corrected chi connectivity index (χ0v) is 17.9. The number of benzene rings is 3. The summed E-state index contributed by atoms with van der Waals surface area (Å²) >= 11 is 0. The van der Waals surface area contributed by atoms with Gasteiger partial charge in [-0.05, 0) is 41.3 Å². The average Bonchev–Trinajstić information content (AvgIpc) is 3.21. The summed E-state index contributed by atoms with van der Waals surface area (Å²) in [5.41, 5.74) is 5.70. The van der Waals surface area contributed by atoms with Crippen LogP contribution >= 0.6 is 0 Å². The highest BCUT2D eigenvalue weighted by molar-refractivity contribution is 5.89. The van der Waals surface area contributed by atoms with E-state index >= 15 is 0 Å². The molecule has 4 rings (SSSR count).